The van der Waals surface area contributed by atoms with Crippen LogP contribution in [0.4, 0.5) is 0 Å². The van der Waals surface area contributed by atoms with Crippen LogP contribution in [-0.4, -0.2) is 0 Å². The van der Waals surface area contributed by atoms with Crippen LogP contribution in [0.3, 0.4) is 0 Å². The number of rotatable bonds is 1. The van der Waals surface area contributed by atoms with Gasteiger partial charge in [-0.2, -0.15) is 0 Å². The van der Waals surface area contributed by atoms with Gasteiger partial charge in [-0.25, -0.2) is 0 Å². The minimum absolute atomic E-state index is 0.840. The van der Waals surface area contributed by atoms with E-state index in [2.05, 4.69) is 0 Å². The fourth-order valence-electron chi connectivity index (χ4n) is 1.45. The topological polar surface area (TPSA) is 18.5 Å². The first-order chi connectivity index (χ1) is 7.43. The van der Waals surface area contributed by atoms with Crippen molar-refractivity contribution >= 4 is 13.7 Å². The molecule has 0 amide bonds. The third-order valence-corrected chi connectivity index (χ3v) is 3.62. The van der Waals surface area contributed by atoms with Crippen LogP contribution in [0.2, 0.25) is 0 Å². The molecule has 0 fully saturated rings. The molecule has 1 heterocycles. The molecule has 0 aromatic heterocycles. The van der Waals surface area contributed by atoms with Gasteiger partial charge in [0.05, 0.1) is 5.30 Å². The summed E-state index contributed by atoms with van der Waals surface area (Å²) in [6.07, 6.45) is 0. The van der Waals surface area contributed by atoms with Crippen molar-refractivity contribution in [1.29, 1.82) is 0 Å². The lowest BCUT2D eigenvalue weighted by atomic mass is 10.3. The van der Waals surface area contributed by atoms with Crippen LogP contribution in [0.1, 0.15) is 0 Å². The van der Waals surface area contributed by atoms with Crippen LogP contribution in [0.15, 0.2) is 54.6 Å². The lowest BCUT2D eigenvalue weighted by molar-refractivity contribution is 0.587. The Balaban J connectivity index is 1.91. The molecule has 1 aliphatic heterocycles. The van der Waals surface area contributed by atoms with Crippen LogP contribution in [0, 0.1) is 0 Å². The molecule has 0 atom stereocenters. The molecule has 2 nitrogen and oxygen atoms in total. The maximum absolute atomic E-state index is 5.74. The second-order valence-electron chi connectivity index (χ2n) is 3.22. The SMILES string of the molecule is c1ccc(P2Oc3ccccc3O2)cc1. The first-order valence-electron chi connectivity index (χ1n) is 4.74. The third-order valence-electron chi connectivity index (χ3n) is 2.18. The van der Waals surface area contributed by atoms with Gasteiger partial charge in [0.2, 0.25) is 0 Å². The van der Waals surface area contributed by atoms with Gasteiger partial charge in [-0.1, -0.05) is 30.3 Å². The van der Waals surface area contributed by atoms with Crippen molar-refractivity contribution in [2.24, 2.45) is 0 Å². The van der Waals surface area contributed by atoms with Crippen molar-refractivity contribution in [2.75, 3.05) is 0 Å². The van der Waals surface area contributed by atoms with E-state index in [9.17, 15) is 0 Å². The van der Waals surface area contributed by atoms with Crippen LogP contribution in [0.5, 0.6) is 11.5 Å². The second-order valence-corrected chi connectivity index (χ2v) is 4.62. The summed E-state index contributed by atoms with van der Waals surface area (Å²) in [5, 5.41) is 1.10. The van der Waals surface area contributed by atoms with Crippen LogP contribution < -0.4 is 14.4 Å². The van der Waals surface area contributed by atoms with E-state index in [4.69, 9.17) is 9.05 Å². The molecule has 0 radical (unpaired) electrons. The number of fused-ring (bicyclic) bond motifs is 1. The highest BCUT2D eigenvalue weighted by atomic mass is 31.2. The summed E-state index contributed by atoms with van der Waals surface area (Å²) < 4.78 is 11.5. The minimum Gasteiger partial charge on any atom is -0.431 e. The van der Waals surface area contributed by atoms with Crippen molar-refractivity contribution in [3.8, 4) is 11.5 Å². The van der Waals surface area contributed by atoms with Gasteiger partial charge < -0.3 is 9.05 Å². The van der Waals surface area contributed by atoms with Gasteiger partial charge >= 0.3 is 8.38 Å². The number of hydrogen-bond donors (Lipinski definition) is 0. The molecular weight excluding hydrogens is 207 g/mol. The quantitative estimate of drug-likeness (QED) is 0.682. The van der Waals surface area contributed by atoms with E-state index in [1.807, 2.05) is 54.6 Å². The Bertz CT molecular complexity index is 445. The number of hydrogen-bond acceptors (Lipinski definition) is 2. The first kappa shape index (κ1) is 8.75. The van der Waals surface area contributed by atoms with E-state index in [1.54, 1.807) is 0 Å². The molecule has 0 unspecified atom stereocenters. The Morgan fingerprint density at radius 1 is 0.667 bits per heavy atom. The highest BCUT2D eigenvalue weighted by Crippen LogP contribution is 2.50. The average molecular weight is 216 g/mol. The molecule has 1 aliphatic rings. The van der Waals surface area contributed by atoms with Gasteiger partial charge in [0.15, 0.2) is 11.5 Å². The highest BCUT2D eigenvalue weighted by Gasteiger charge is 2.26. The molecule has 3 heteroatoms. The molecule has 0 saturated heterocycles. The van der Waals surface area contributed by atoms with E-state index in [0.717, 1.165) is 16.8 Å². The summed E-state index contributed by atoms with van der Waals surface area (Å²) in [5.41, 5.74) is 0. The summed E-state index contributed by atoms with van der Waals surface area (Å²) in [7, 11) is -0.967. The van der Waals surface area contributed by atoms with Crippen molar-refractivity contribution in [1.82, 2.24) is 0 Å². The molecule has 74 valence electrons. The zero-order valence-electron chi connectivity index (χ0n) is 7.96. The van der Waals surface area contributed by atoms with Gasteiger partial charge in [-0.3, -0.25) is 0 Å². The first-order valence-corrected chi connectivity index (χ1v) is 5.91. The number of benzene rings is 2. The summed E-state index contributed by atoms with van der Waals surface area (Å²) in [6.45, 7) is 0. The molecule has 0 saturated carbocycles. The van der Waals surface area contributed by atoms with Crippen molar-refractivity contribution < 1.29 is 9.05 Å². The zero-order valence-corrected chi connectivity index (χ0v) is 8.85. The summed E-state index contributed by atoms with van der Waals surface area (Å²) >= 11 is 0. The molecule has 0 spiro atoms. The molecule has 2 aromatic carbocycles. The van der Waals surface area contributed by atoms with Crippen LogP contribution in [0.25, 0.3) is 0 Å². The lowest BCUT2D eigenvalue weighted by Gasteiger charge is -2.06. The van der Waals surface area contributed by atoms with E-state index in [0.29, 0.717) is 0 Å². The highest BCUT2D eigenvalue weighted by molar-refractivity contribution is 7.57. The van der Waals surface area contributed by atoms with Gasteiger partial charge in [0, 0.05) is 0 Å². The largest absolute Gasteiger partial charge is 0.431 e. The third kappa shape index (κ3) is 1.57. The monoisotopic (exact) mass is 216 g/mol. The Morgan fingerprint density at radius 2 is 1.20 bits per heavy atom. The smallest absolute Gasteiger partial charge is 0.326 e. The standard InChI is InChI=1S/C12H9O2P/c1-2-6-10(7-3-1)15-13-11-8-4-5-9-12(11)14-15/h1-9H. The van der Waals surface area contributed by atoms with Gasteiger partial charge in [0.25, 0.3) is 0 Å². The average Bonchev–Trinajstić information content (AvgIpc) is 2.74. The van der Waals surface area contributed by atoms with E-state index >= 15 is 0 Å². The molecule has 2 aromatic rings. The maximum Gasteiger partial charge on any atom is 0.326 e. The Kier molecular flexibility index (Phi) is 2.08. The second kappa shape index (κ2) is 3.56. The minimum atomic E-state index is -0.967. The molecular formula is C12H9O2P. The fraction of sp³-hybridized carbons (Fsp3) is 0. The fourth-order valence-corrected chi connectivity index (χ4v) is 2.78. The summed E-state index contributed by atoms with van der Waals surface area (Å²) in [4.78, 5) is 0. The van der Waals surface area contributed by atoms with Gasteiger partial charge in [-0.15, -0.1) is 0 Å². The molecule has 3 rings (SSSR count). The molecule has 0 bridgehead atoms. The van der Waals surface area contributed by atoms with Crippen molar-refractivity contribution in [2.45, 2.75) is 0 Å². The Labute approximate surface area is 89.4 Å². The summed E-state index contributed by atoms with van der Waals surface area (Å²) in [6, 6.07) is 17.8. The normalized spacial score (nSPS) is 14.1. The molecule has 0 N–H and O–H groups in total. The predicted octanol–water partition coefficient (Wildman–Crippen LogP) is 3.10. The van der Waals surface area contributed by atoms with Crippen LogP contribution in [-0.2, 0) is 0 Å². The summed E-state index contributed by atoms with van der Waals surface area (Å²) in [5.74, 6) is 1.68. The van der Waals surface area contributed by atoms with E-state index < -0.39 is 8.38 Å². The molecule has 0 aliphatic carbocycles. The molecule has 15 heavy (non-hydrogen) atoms. The Hall–Kier alpha value is -1.53. The maximum atomic E-state index is 5.74. The zero-order chi connectivity index (χ0) is 10.1. The van der Waals surface area contributed by atoms with Crippen molar-refractivity contribution in [3.63, 3.8) is 0 Å². The van der Waals surface area contributed by atoms with Crippen molar-refractivity contribution in [3.05, 3.63) is 54.6 Å². The van der Waals surface area contributed by atoms with Gasteiger partial charge in [0.1, 0.15) is 0 Å². The van der Waals surface area contributed by atoms with Gasteiger partial charge in [-0.05, 0) is 24.3 Å². The predicted molar refractivity (Wildman–Crippen MR) is 60.7 cm³/mol. The Morgan fingerprint density at radius 3 is 1.80 bits per heavy atom. The number of para-hydroxylation sites is 2. The van der Waals surface area contributed by atoms with E-state index in [1.165, 1.54) is 0 Å². The van der Waals surface area contributed by atoms with Crippen LogP contribution >= 0.6 is 8.38 Å². The lowest BCUT2D eigenvalue weighted by Crippen LogP contribution is -2.04. The van der Waals surface area contributed by atoms with E-state index in [-0.39, 0.29) is 0 Å².